The summed E-state index contributed by atoms with van der Waals surface area (Å²) in [6, 6.07) is 4.78. The molecular formula is C16H16ClN5O3S. The van der Waals surface area contributed by atoms with Gasteiger partial charge in [-0.2, -0.15) is 13.4 Å². The van der Waals surface area contributed by atoms with Crippen molar-refractivity contribution < 1.29 is 13.2 Å². The van der Waals surface area contributed by atoms with Crippen LogP contribution in [0.5, 0.6) is 0 Å². The van der Waals surface area contributed by atoms with Gasteiger partial charge in [0.1, 0.15) is 0 Å². The first-order valence-electron chi connectivity index (χ1n) is 7.64. The molecule has 3 rings (SSSR count). The van der Waals surface area contributed by atoms with Gasteiger partial charge in [0.2, 0.25) is 0 Å². The SMILES string of the molecule is CC(=O)c1ccc(Cl)c(C)c1NS(=O)(=O)c1nc2nc(C)cc(C)n2n1. The zero-order valence-corrected chi connectivity index (χ0v) is 16.1. The lowest BCUT2D eigenvalue weighted by Crippen LogP contribution is -2.18. The van der Waals surface area contributed by atoms with Crippen molar-refractivity contribution >= 4 is 38.9 Å². The molecular weight excluding hydrogens is 378 g/mol. The van der Waals surface area contributed by atoms with E-state index in [1.54, 1.807) is 32.9 Å². The number of Topliss-reactive ketones (excluding diaryl/α,β-unsaturated/α-hetero) is 1. The summed E-state index contributed by atoms with van der Waals surface area (Å²) in [4.78, 5) is 20.0. The third-order valence-corrected chi connectivity index (χ3v) is 5.39. The van der Waals surface area contributed by atoms with Crippen molar-refractivity contribution in [3.63, 3.8) is 0 Å². The number of nitrogens with one attached hydrogen (secondary N) is 1. The third kappa shape index (κ3) is 3.15. The molecule has 0 atom stereocenters. The van der Waals surface area contributed by atoms with Gasteiger partial charge in [-0.1, -0.05) is 11.6 Å². The number of carbonyl (C=O) groups is 1. The van der Waals surface area contributed by atoms with Crippen molar-refractivity contribution in [3.05, 3.63) is 45.7 Å². The molecule has 10 heteroatoms. The first-order valence-corrected chi connectivity index (χ1v) is 9.50. The van der Waals surface area contributed by atoms with E-state index in [0.29, 0.717) is 22.0 Å². The topological polar surface area (TPSA) is 106 Å². The highest BCUT2D eigenvalue weighted by atomic mass is 35.5. The molecule has 0 radical (unpaired) electrons. The molecule has 1 aromatic carbocycles. The summed E-state index contributed by atoms with van der Waals surface area (Å²) in [5, 5.41) is 3.92. The monoisotopic (exact) mass is 393 g/mol. The van der Waals surface area contributed by atoms with E-state index in [1.165, 1.54) is 17.5 Å². The second-order valence-corrected chi connectivity index (χ2v) is 7.89. The highest BCUT2D eigenvalue weighted by molar-refractivity contribution is 7.92. The number of ketones is 1. The standard InChI is InChI=1S/C16H16ClN5O3S/c1-8-7-9(2)22-15(18-8)19-16(20-22)26(24,25)21-14-10(3)13(17)6-5-12(14)11(4)23/h5-7,21H,1-4H3. The summed E-state index contributed by atoms with van der Waals surface area (Å²) in [5.41, 5.74) is 2.17. The highest BCUT2D eigenvalue weighted by Gasteiger charge is 2.25. The molecule has 0 fully saturated rings. The van der Waals surface area contributed by atoms with E-state index in [-0.39, 0.29) is 22.8 Å². The Bertz CT molecular complexity index is 1150. The molecule has 26 heavy (non-hydrogen) atoms. The Hall–Kier alpha value is -2.52. The Morgan fingerprint density at radius 1 is 1.19 bits per heavy atom. The van der Waals surface area contributed by atoms with Gasteiger partial charge in [-0.05, 0) is 51.5 Å². The zero-order chi connectivity index (χ0) is 19.2. The summed E-state index contributed by atoms with van der Waals surface area (Å²) in [6.45, 7) is 6.52. The minimum absolute atomic E-state index is 0.115. The molecule has 1 N–H and O–H groups in total. The number of halogens is 1. The fourth-order valence-electron chi connectivity index (χ4n) is 2.55. The fraction of sp³-hybridized carbons (Fsp3) is 0.250. The van der Waals surface area contributed by atoms with Crippen LogP contribution in [0.4, 0.5) is 5.69 Å². The van der Waals surface area contributed by atoms with Crippen LogP contribution in [0.2, 0.25) is 5.02 Å². The Balaban J connectivity index is 2.12. The zero-order valence-electron chi connectivity index (χ0n) is 14.5. The summed E-state index contributed by atoms with van der Waals surface area (Å²) in [6.07, 6.45) is 0. The maximum absolute atomic E-state index is 12.8. The van der Waals surface area contributed by atoms with E-state index in [4.69, 9.17) is 11.6 Å². The van der Waals surface area contributed by atoms with Gasteiger partial charge in [-0.15, -0.1) is 5.10 Å². The van der Waals surface area contributed by atoms with Crippen LogP contribution in [-0.4, -0.2) is 33.8 Å². The van der Waals surface area contributed by atoms with Crippen LogP contribution in [0.1, 0.15) is 34.2 Å². The van der Waals surface area contributed by atoms with E-state index in [9.17, 15) is 13.2 Å². The van der Waals surface area contributed by atoms with Crippen molar-refractivity contribution in [2.45, 2.75) is 32.9 Å². The molecule has 136 valence electrons. The predicted molar refractivity (Wildman–Crippen MR) is 97.3 cm³/mol. The van der Waals surface area contributed by atoms with Gasteiger partial charge in [0, 0.05) is 22.0 Å². The van der Waals surface area contributed by atoms with Crippen molar-refractivity contribution in [1.82, 2.24) is 19.6 Å². The second-order valence-electron chi connectivity index (χ2n) is 5.90. The number of aromatic nitrogens is 4. The maximum Gasteiger partial charge on any atom is 0.299 e. The van der Waals surface area contributed by atoms with Crippen molar-refractivity contribution in [2.75, 3.05) is 4.72 Å². The third-order valence-electron chi connectivity index (χ3n) is 3.85. The Morgan fingerprint density at radius 2 is 1.88 bits per heavy atom. The van der Waals surface area contributed by atoms with Crippen LogP contribution in [0.15, 0.2) is 23.4 Å². The first kappa shape index (κ1) is 18.3. The van der Waals surface area contributed by atoms with Crippen LogP contribution < -0.4 is 4.72 Å². The summed E-state index contributed by atoms with van der Waals surface area (Å²) >= 11 is 6.08. The first-order chi connectivity index (χ1) is 12.1. The van der Waals surface area contributed by atoms with Crippen molar-refractivity contribution in [2.24, 2.45) is 0 Å². The molecule has 8 nitrogen and oxygen atoms in total. The summed E-state index contributed by atoms with van der Waals surface area (Å²) in [7, 11) is -4.14. The van der Waals surface area contributed by atoms with Crippen molar-refractivity contribution in [1.29, 1.82) is 0 Å². The number of benzene rings is 1. The van der Waals surface area contributed by atoms with E-state index in [1.807, 2.05) is 0 Å². The Kier molecular flexibility index (Phi) is 4.45. The largest absolute Gasteiger partial charge is 0.299 e. The molecule has 2 aromatic heterocycles. The lowest BCUT2D eigenvalue weighted by molar-refractivity contribution is 0.101. The minimum atomic E-state index is -4.14. The van der Waals surface area contributed by atoms with Crippen LogP contribution in [-0.2, 0) is 10.0 Å². The lowest BCUT2D eigenvalue weighted by atomic mass is 10.1. The van der Waals surface area contributed by atoms with Crippen LogP contribution in [0.25, 0.3) is 5.78 Å². The molecule has 3 aromatic rings. The average Bonchev–Trinajstić information content (AvgIpc) is 2.96. The molecule has 0 saturated heterocycles. The maximum atomic E-state index is 12.8. The molecule has 0 spiro atoms. The number of anilines is 1. The number of nitrogens with zero attached hydrogens (tertiary/aromatic N) is 4. The van der Waals surface area contributed by atoms with Crippen LogP contribution in [0.3, 0.4) is 0 Å². The van der Waals surface area contributed by atoms with Gasteiger partial charge in [0.15, 0.2) is 5.78 Å². The molecule has 0 aliphatic rings. The number of hydrogen-bond donors (Lipinski definition) is 1. The van der Waals surface area contributed by atoms with E-state index in [0.717, 1.165) is 0 Å². The van der Waals surface area contributed by atoms with Gasteiger partial charge < -0.3 is 0 Å². The summed E-state index contributed by atoms with van der Waals surface area (Å²) in [5.74, 6) is -0.115. The predicted octanol–water partition coefficient (Wildman–Crippen LogP) is 2.71. The second kappa shape index (κ2) is 6.33. The number of rotatable bonds is 4. The number of hydrogen-bond acceptors (Lipinski definition) is 6. The Morgan fingerprint density at radius 3 is 2.54 bits per heavy atom. The smallest absolute Gasteiger partial charge is 0.294 e. The summed E-state index contributed by atoms with van der Waals surface area (Å²) < 4.78 is 29.3. The van der Waals surface area contributed by atoms with E-state index >= 15 is 0 Å². The van der Waals surface area contributed by atoms with E-state index < -0.39 is 15.2 Å². The number of carbonyl (C=O) groups excluding carboxylic acids is 1. The quantitative estimate of drug-likeness (QED) is 0.683. The Labute approximate surface area is 155 Å². The average molecular weight is 394 g/mol. The molecule has 0 unspecified atom stereocenters. The van der Waals surface area contributed by atoms with Crippen LogP contribution in [0, 0.1) is 20.8 Å². The molecule has 2 heterocycles. The molecule has 0 aliphatic carbocycles. The van der Waals surface area contributed by atoms with E-state index in [2.05, 4.69) is 19.8 Å². The highest BCUT2D eigenvalue weighted by Crippen LogP contribution is 2.29. The number of aryl methyl sites for hydroxylation is 2. The van der Waals surface area contributed by atoms with Gasteiger partial charge in [0.05, 0.1) is 5.69 Å². The molecule has 0 bridgehead atoms. The van der Waals surface area contributed by atoms with Gasteiger partial charge in [0.25, 0.3) is 21.0 Å². The minimum Gasteiger partial charge on any atom is -0.294 e. The normalized spacial score (nSPS) is 11.7. The van der Waals surface area contributed by atoms with Gasteiger partial charge in [-0.3, -0.25) is 9.52 Å². The van der Waals surface area contributed by atoms with Gasteiger partial charge in [-0.25, -0.2) is 9.50 Å². The van der Waals surface area contributed by atoms with Gasteiger partial charge >= 0.3 is 0 Å². The molecule has 0 amide bonds. The fourth-order valence-corrected chi connectivity index (χ4v) is 3.72. The lowest BCUT2D eigenvalue weighted by Gasteiger charge is -2.13. The molecule has 0 aliphatic heterocycles. The number of fused-ring (bicyclic) bond motifs is 1. The number of sulfonamides is 1. The van der Waals surface area contributed by atoms with Crippen molar-refractivity contribution in [3.8, 4) is 0 Å². The molecule has 0 saturated carbocycles. The van der Waals surface area contributed by atoms with Crippen LogP contribution >= 0.6 is 11.6 Å².